The van der Waals surface area contributed by atoms with Crippen LogP contribution in [0.25, 0.3) is 11.5 Å². The second-order valence-corrected chi connectivity index (χ2v) is 5.69. The van der Waals surface area contributed by atoms with Crippen molar-refractivity contribution in [3.05, 3.63) is 46.7 Å². The molecule has 0 aliphatic carbocycles. The zero-order chi connectivity index (χ0) is 16.9. The maximum Gasteiger partial charge on any atom is 0.248 e. The van der Waals surface area contributed by atoms with Gasteiger partial charge in [0, 0.05) is 29.9 Å². The number of carbonyl (C=O) groups excluding carboxylic acids is 1. The normalized spacial score (nSPS) is 10.6. The molecule has 0 saturated heterocycles. The van der Waals surface area contributed by atoms with Crippen molar-refractivity contribution in [2.45, 2.75) is 12.8 Å². The fraction of sp³-hybridized carbons (Fsp3) is 0.188. The zero-order valence-electron chi connectivity index (χ0n) is 12.8. The van der Waals surface area contributed by atoms with Crippen LogP contribution in [0.15, 0.2) is 39.4 Å². The van der Waals surface area contributed by atoms with E-state index in [1.165, 1.54) is 36.6 Å². The van der Waals surface area contributed by atoms with Crippen LogP contribution in [-0.2, 0) is 11.2 Å². The van der Waals surface area contributed by atoms with Crippen LogP contribution in [0.4, 0.5) is 10.1 Å². The number of aryl methyl sites for hydroxylation is 1. The van der Waals surface area contributed by atoms with Gasteiger partial charge in [0.2, 0.25) is 17.7 Å². The van der Waals surface area contributed by atoms with E-state index in [1.807, 2.05) is 16.8 Å². The molecule has 24 heavy (non-hydrogen) atoms. The molecule has 8 heteroatoms. The average Bonchev–Trinajstić information content (AvgIpc) is 3.25. The first kappa shape index (κ1) is 16.1. The molecule has 1 aromatic carbocycles. The Labute approximate surface area is 141 Å². The van der Waals surface area contributed by atoms with E-state index in [4.69, 9.17) is 9.15 Å². The summed E-state index contributed by atoms with van der Waals surface area (Å²) in [7, 11) is 1.41. The highest BCUT2D eigenvalue weighted by Crippen LogP contribution is 2.25. The minimum absolute atomic E-state index is 0.159. The first-order valence-corrected chi connectivity index (χ1v) is 8.08. The molecule has 0 saturated carbocycles. The van der Waals surface area contributed by atoms with Crippen LogP contribution >= 0.6 is 11.3 Å². The van der Waals surface area contributed by atoms with Crippen LogP contribution < -0.4 is 10.1 Å². The molecule has 0 spiro atoms. The molecule has 1 N–H and O–H groups in total. The lowest BCUT2D eigenvalue weighted by Crippen LogP contribution is -2.13. The summed E-state index contributed by atoms with van der Waals surface area (Å²) in [5, 5.41) is 14.4. The van der Waals surface area contributed by atoms with Crippen molar-refractivity contribution in [2.75, 3.05) is 12.4 Å². The molecule has 2 heterocycles. The number of benzene rings is 1. The number of methoxy groups -OCH3 is 1. The van der Waals surface area contributed by atoms with Crippen molar-refractivity contribution in [3.63, 3.8) is 0 Å². The van der Waals surface area contributed by atoms with Crippen LogP contribution in [0.3, 0.4) is 0 Å². The van der Waals surface area contributed by atoms with Gasteiger partial charge in [-0.15, -0.1) is 10.2 Å². The largest absolute Gasteiger partial charge is 0.494 e. The van der Waals surface area contributed by atoms with Crippen molar-refractivity contribution in [1.82, 2.24) is 10.2 Å². The number of halogens is 1. The second kappa shape index (κ2) is 7.22. The molecule has 0 fully saturated rings. The van der Waals surface area contributed by atoms with Gasteiger partial charge in [-0.05, 0) is 23.6 Å². The summed E-state index contributed by atoms with van der Waals surface area (Å²) in [5.74, 6) is 0.400. The lowest BCUT2D eigenvalue weighted by atomic mass is 10.2. The van der Waals surface area contributed by atoms with Crippen LogP contribution in [0.1, 0.15) is 12.3 Å². The maximum atomic E-state index is 13.1. The number of anilines is 1. The number of ether oxygens (including phenoxy) is 1. The van der Waals surface area contributed by atoms with Crippen molar-refractivity contribution in [1.29, 1.82) is 0 Å². The number of hydrogen-bond acceptors (Lipinski definition) is 6. The molecule has 1 amide bonds. The molecule has 0 bridgehead atoms. The Morgan fingerprint density at radius 2 is 2.25 bits per heavy atom. The van der Waals surface area contributed by atoms with E-state index in [0.717, 1.165) is 5.56 Å². The summed E-state index contributed by atoms with van der Waals surface area (Å²) in [6.45, 7) is 0. The molecule has 124 valence electrons. The highest BCUT2D eigenvalue weighted by Gasteiger charge is 2.12. The van der Waals surface area contributed by atoms with E-state index in [-0.39, 0.29) is 18.1 Å². The predicted octanol–water partition coefficient (Wildman–Crippen LogP) is 3.52. The van der Waals surface area contributed by atoms with Gasteiger partial charge in [0.15, 0.2) is 0 Å². The lowest BCUT2D eigenvalue weighted by molar-refractivity contribution is -0.116. The van der Waals surface area contributed by atoms with Crippen LogP contribution in [0, 0.1) is 5.82 Å². The summed E-state index contributed by atoms with van der Waals surface area (Å²) in [6, 6.07) is 5.80. The van der Waals surface area contributed by atoms with Crippen molar-refractivity contribution >= 4 is 22.9 Å². The number of rotatable bonds is 6. The highest BCUT2D eigenvalue weighted by molar-refractivity contribution is 7.08. The highest BCUT2D eigenvalue weighted by atomic mass is 32.1. The number of thiophene rings is 1. The number of nitrogens with zero attached hydrogens (tertiary/aromatic N) is 2. The number of amides is 1. The van der Waals surface area contributed by atoms with E-state index < -0.39 is 5.82 Å². The molecular formula is C16H14FN3O3S. The number of carbonyl (C=O) groups is 1. The van der Waals surface area contributed by atoms with Crippen molar-refractivity contribution in [2.24, 2.45) is 0 Å². The molecule has 0 atom stereocenters. The third kappa shape index (κ3) is 3.77. The van der Waals surface area contributed by atoms with Gasteiger partial charge in [-0.1, -0.05) is 0 Å². The number of nitrogens with one attached hydrogen (secondary N) is 1. The molecule has 6 nitrogen and oxygen atoms in total. The summed E-state index contributed by atoms with van der Waals surface area (Å²) < 4.78 is 23.7. The molecule has 3 rings (SSSR count). The van der Waals surface area contributed by atoms with Gasteiger partial charge < -0.3 is 14.5 Å². The van der Waals surface area contributed by atoms with Gasteiger partial charge in [-0.3, -0.25) is 4.79 Å². The SMILES string of the molecule is COc1cc(F)ccc1NC(=O)CCc1nnc(-c2ccsc2)o1. The van der Waals surface area contributed by atoms with E-state index in [0.29, 0.717) is 23.9 Å². The van der Waals surface area contributed by atoms with E-state index in [1.54, 1.807) is 0 Å². The minimum atomic E-state index is -0.434. The van der Waals surface area contributed by atoms with Crippen molar-refractivity contribution in [3.8, 4) is 17.2 Å². The van der Waals surface area contributed by atoms with Gasteiger partial charge in [-0.2, -0.15) is 11.3 Å². The zero-order valence-corrected chi connectivity index (χ0v) is 13.6. The van der Waals surface area contributed by atoms with Gasteiger partial charge >= 0.3 is 0 Å². The fourth-order valence-corrected chi connectivity index (χ4v) is 2.69. The second-order valence-electron chi connectivity index (χ2n) is 4.91. The van der Waals surface area contributed by atoms with Crippen LogP contribution in [0.2, 0.25) is 0 Å². The molecule has 0 unspecified atom stereocenters. The Balaban J connectivity index is 1.58. The molecule has 3 aromatic rings. The Morgan fingerprint density at radius 3 is 3.00 bits per heavy atom. The Hall–Kier alpha value is -2.74. The fourth-order valence-electron chi connectivity index (χ4n) is 2.06. The topological polar surface area (TPSA) is 77.2 Å². The molecule has 0 radical (unpaired) electrons. The molecular weight excluding hydrogens is 333 g/mol. The standard InChI is InChI=1S/C16H14FN3O3S/c1-22-13-8-11(17)2-3-12(13)18-14(21)4-5-15-19-20-16(23-15)10-6-7-24-9-10/h2-3,6-9H,4-5H2,1H3,(H,18,21). The third-order valence-corrected chi connectivity index (χ3v) is 3.92. The van der Waals surface area contributed by atoms with E-state index in [9.17, 15) is 9.18 Å². The Morgan fingerprint density at radius 1 is 1.38 bits per heavy atom. The van der Waals surface area contributed by atoms with Crippen LogP contribution in [-0.4, -0.2) is 23.2 Å². The third-order valence-electron chi connectivity index (χ3n) is 3.24. The van der Waals surface area contributed by atoms with Gasteiger partial charge in [-0.25, -0.2) is 4.39 Å². The van der Waals surface area contributed by atoms with Crippen molar-refractivity contribution < 1.29 is 18.3 Å². The summed E-state index contributed by atoms with van der Waals surface area (Å²) in [6.07, 6.45) is 0.471. The van der Waals surface area contributed by atoms with Gasteiger partial charge in [0.05, 0.1) is 12.8 Å². The molecule has 0 aliphatic rings. The maximum absolute atomic E-state index is 13.1. The smallest absolute Gasteiger partial charge is 0.248 e. The Bertz CT molecular complexity index is 833. The molecule has 2 aromatic heterocycles. The molecule has 0 aliphatic heterocycles. The number of hydrogen-bond donors (Lipinski definition) is 1. The van der Waals surface area contributed by atoms with E-state index in [2.05, 4.69) is 15.5 Å². The summed E-state index contributed by atoms with van der Waals surface area (Å²) in [5.41, 5.74) is 1.27. The summed E-state index contributed by atoms with van der Waals surface area (Å²) >= 11 is 1.54. The quantitative estimate of drug-likeness (QED) is 0.738. The van der Waals surface area contributed by atoms with Gasteiger partial charge in [0.1, 0.15) is 11.6 Å². The average molecular weight is 347 g/mol. The first-order chi connectivity index (χ1) is 11.7. The Kier molecular flexibility index (Phi) is 4.85. The minimum Gasteiger partial charge on any atom is -0.494 e. The first-order valence-electron chi connectivity index (χ1n) is 7.14. The monoisotopic (exact) mass is 347 g/mol. The predicted molar refractivity (Wildman–Crippen MR) is 87.5 cm³/mol. The summed E-state index contributed by atoms with van der Waals surface area (Å²) in [4.78, 5) is 12.0. The lowest BCUT2D eigenvalue weighted by Gasteiger charge is -2.09. The van der Waals surface area contributed by atoms with Gasteiger partial charge in [0.25, 0.3) is 0 Å². The number of aromatic nitrogens is 2. The van der Waals surface area contributed by atoms with E-state index >= 15 is 0 Å². The van der Waals surface area contributed by atoms with Crippen LogP contribution in [0.5, 0.6) is 5.75 Å².